The van der Waals surface area contributed by atoms with Gasteiger partial charge in [-0.2, -0.15) is 0 Å². The number of carbonyl (C=O) groups is 2. The third kappa shape index (κ3) is 12.0. The zero-order valence-corrected chi connectivity index (χ0v) is 41.0. The lowest BCUT2D eigenvalue weighted by molar-refractivity contribution is -0.179. The van der Waals surface area contributed by atoms with Crippen LogP contribution >= 0.6 is 0 Å². The average molecular weight is 958 g/mol. The van der Waals surface area contributed by atoms with E-state index in [0.717, 1.165) is 55.7 Å². The van der Waals surface area contributed by atoms with Gasteiger partial charge >= 0.3 is 0 Å². The van der Waals surface area contributed by atoms with Gasteiger partial charge in [0.05, 0.1) is 41.8 Å². The summed E-state index contributed by atoms with van der Waals surface area (Å²) >= 11 is 0. The zero-order valence-electron chi connectivity index (χ0n) is 41.0. The molecule has 0 N–H and O–H groups in total. The largest absolute Gasteiger partial charge is 0.496 e. The molecule has 366 valence electrons. The smallest absolute Gasteiger partial charge is 0.279 e. The lowest BCUT2D eigenvalue weighted by atomic mass is 10.0. The molecule has 8 rings (SSSR count). The van der Waals surface area contributed by atoms with Crippen LogP contribution in [0.4, 0.5) is 0 Å². The number of ether oxygens (including phenoxy) is 6. The van der Waals surface area contributed by atoms with Crippen LogP contribution < -0.4 is 18.9 Å². The van der Waals surface area contributed by atoms with E-state index >= 15 is 0 Å². The molecule has 0 aliphatic carbocycles. The van der Waals surface area contributed by atoms with Crippen LogP contribution in [0.1, 0.15) is 56.8 Å². The van der Waals surface area contributed by atoms with Gasteiger partial charge in [0.1, 0.15) is 40.6 Å². The van der Waals surface area contributed by atoms with E-state index in [4.69, 9.17) is 50.9 Å². The first-order chi connectivity index (χ1) is 33.8. The summed E-state index contributed by atoms with van der Waals surface area (Å²) < 4.78 is 54.3. The number of hydrogen-bond acceptors (Lipinski definition) is 17. The Kier molecular flexibility index (Phi) is 17.4. The summed E-state index contributed by atoms with van der Waals surface area (Å²) in [6.45, 7) is 7.33. The molecule has 4 aromatic heterocycles. The molecule has 0 fully saturated rings. The van der Waals surface area contributed by atoms with Gasteiger partial charge in [-0.25, -0.2) is 5.06 Å². The van der Waals surface area contributed by atoms with E-state index in [1.807, 2.05) is 50.2 Å². The highest BCUT2D eigenvalue weighted by atomic mass is 16.7. The van der Waals surface area contributed by atoms with Crippen LogP contribution in [0, 0.1) is 27.7 Å². The summed E-state index contributed by atoms with van der Waals surface area (Å²) in [6, 6.07) is 29.1. The molecular weight excluding hydrogens is 903 g/mol. The molecule has 0 spiro atoms. The molecule has 0 aliphatic heterocycles. The Morgan fingerprint density at radius 2 is 0.957 bits per heavy atom. The number of aryl methyl sites for hydroxylation is 2. The zero-order chi connectivity index (χ0) is 50.5. The highest BCUT2D eigenvalue weighted by Gasteiger charge is 2.27. The maximum Gasteiger partial charge on any atom is 0.279 e. The summed E-state index contributed by atoms with van der Waals surface area (Å²) in [5.41, 5.74) is 6.48. The monoisotopic (exact) mass is 957 g/mol. The van der Waals surface area contributed by atoms with Gasteiger partial charge in [-0.1, -0.05) is 24.3 Å². The second kappa shape index (κ2) is 23.8. The minimum atomic E-state index is -0.829. The van der Waals surface area contributed by atoms with Crippen LogP contribution in [-0.4, -0.2) is 94.0 Å². The van der Waals surface area contributed by atoms with E-state index in [-0.39, 0.29) is 17.5 Å². The number of benzene rings is 4. The molecule has 70 heavy (non-hydrogen) atoms. The maximum absolute atomic E-state index is 13.2. The molecule has 0 aliphatic rings. The number of aromatic nitrogens is 4. The number of Topliss-reactive ketones (excluding diaryl/α,β-unsaturated/α-hetero) is 1. The summed E-state index contributed by atoms with van der Waals surface area (Å²) in [5, 5.41) is 16.7. The summed E-state index contributed by atoms with van der Waals surface area (Å²) in [4.78, 5) is 30.2. The Bertz CT molecular complexity index is 2910. The molecule has 18 heteroatoms. The SMILES string of the molecule is COC(C(=O)N(C)OC)c1ccc(-c2nnc(C)o2)cc1.COc1cc(-c2ccc(C(=O)C(OC)c3ccc(-c4nnc(C)o4)cc3)o2)cc(OC)c1C.COc1cc(-c2ccco2)cc(OC)c1C. The van der Waals surface area contributed by atoms with E-state index in [2.05, 4.69) is 20.4 Å². The van der Waals surface area contributed by atoms with Crippen molar-refractivity contribution in [1.82, 2.24) is 25.5 Å². The van der Waals surface area contributed by atoms with Gasteiger partial charge in [0, 0.05) is 68.5 Å². The van der Waals surface area contributed by atoms with Crippen molar-refractivity contribution in [3.05, 3.63) is 143 Å². The Morgan fingerprint density at radius 3 is 1.33 bits per heavy atom. The minimum absolute atomic E-state index is 0.187. The number of rotatable bonds is 16. The molecule has 4 heterocycles. The lowest BCUT2D eigenvalue weighted by Gasteiger charge is -2.20. The fourth-order valence-corrected chi connectivity index (χ4v) is 7.11. The van der Waals surface area contributed by atoms with Crippen molar-refractivity contribution >= 4 is 11.7 Å². The summed E-state index contributed by atoms with van der Waals surface area (Å²) in [6.07, 6.45) is 0.0895. The van der Waals surface area contributed by atoms with Gasteiger partial charge in [-0.3, -0.25) is 14.4 Å². The first-order valence-electron chi connectivity index (χ1n) is 21.6. The molecule has 2 atom stereocenters. The van der Waals surface area contributed by atoms with Crippen molar-refractivity contribution in [2.24, 2.45) is 0 Å². The molecule has 4 aromatic carbocycles. The number of hydroxylamine groups is 2. The Labute approximate surface area is 405 Å². The Hall–Kier alpha value is -8.06. The number of hydrogen-bond donors (Lipinski definition) is 0. The maximum atomic E-state index is 13.2. The van der Waals surface area contributed by atoms with E-state index < -0.39 is 12.2 Å². The highest BCUT2D eigenvalue weighted by Crippen LogP contribution is 2.37. The molecule has 1 amide bonds. The second-order valence-electron chi connectivity index (χ2n) is 15.3. The van der Waals surface area contributed by atoms with Crippen molar-refractivity contribution in [3.63, 3.8) is 0 Å². The van der Waals surface area contributed by atoms with E-state index in [0.29, 0.717) is 51.9 Å². The van der Waals surface area contributed by atoms with Crippen LogP contribution in [0.3, 0.4) is 0 Å². The third-order valence-electron chi connectivity index (χ3n) is 10.9. The molecule has 2 unspecified atom stereocenters. The van der Waals surface area contributed by atoms with E-state index in [1.54, 1.807) is 109 Å². The number of nitrogens with zero attached hydrogens (tertiary/aromatic N) is 5. The predicted molar refractivity (Wildman–Crippen MR) is 257 cm³/mol. The van der Waals surface area contributed by atoms with E-state index in [1.165, 1.54) is 28.4 Å². The van der Waals surface area contributed by atoms with Crippen LogP contribution in [0.5, 0.6) is 23.0 Å². The van der Waals surface area contributed by atoms with Gasteiger partial charge < -0.3 is 46.1 Å². The van der Waals surface area contributed by atoms with Gasteiger partial charge in [0.2, 0.25) is 29.3 Å². The lowest BCUT2D eigenvalue weighted by Crippen LogP contribution is -2.31. The first kappa shape index (κ1) is 51.3. The molecule has 0 radical (unpaired) electrons. The van der Waals surface area contributed by atoms with Crippen molar-refractivity contribution in [2.45, 2.75) is 39.9 Å². The van der Waals surface area contributed by atoms with Gasteiger partial charge in [0.25, 0.3) is 5.91 Å². The molecule has 8 aromatic rings. The third-order valence-corrected chi connectivity index (χ3v) is 10.9. The van der Waals surface area contributed by atoms with Crippen molar-refractivity contribution < 1.29 is 60.5 Å². The average Bonchev–Trinajstić information content (AvgIpc) is 4.25. The number of carbonyl (C=O) groups excluding carboxylic acids is 2. The molecule has 0 bridgehead atoms. The topological polar surface area (TPSA) is 206 Å². The highest BCUT2D eigenvalue weighted by molar-refractivity contribution is 5.98. The van der Waals surface area contributed by atoms with Gasteiger partial charge in [-0.15, -0.1) is 20.4 Å². The standard InChI is InChI=1S/C25H24N2O6.C14H17N3O4.C13H14O3/c1-14-21(29-3)12-18(13-22(14)30-4)19-10-11-20(33-19)23(28)24(31-5)16-6-8-17(9-7-16)25-27-26-15(2)32-25;1-9-15-16-13(21-9)11-7-5-10(6-8-11)12(19-3)14(18)17(2)20-4;1-9-12(14-2)7-10(8-13(9)15-3)11-5-4-6-16-11/h6-13,24H,1-5H3;5-8,12H,1-4H3;4-8H,1-3H3. The normalized spacial score (nSPS) is 11.6. The summed E-state index contributed by atoms with van der Waals surface area (Å²) in [5.74, 6) is 5.69. The van der Waals surface area contributed by atoms with Crippen LogP contribution in [-0.2, 0) is 19.1 Å². The van der Waals surface area contributed by atoms with E-state index in [9.17, 15) is 9.59 Å². The van der Waals surface area contributed by atoms with Gasteiger partial charge in [-0.05, 0) is 97.8 Å². The minimum Gasteiger partial charge on any atom is -0.496 e. The molecule has 18 nitrogen and oxygen atoms in total. The van der Waals surface area contributed by atoms with Crippen molar-refractivity contribution in [2.75, 3.05) is 56.8 Å². The molecule has 0 saturated carbocycles. The van der Waals surface area contributed by atoms with Crippen molar-refractivity contribution in [3.8, 4) is 68.6 Å². The predicted octanol–water partition coefficient (Wildman–Crippen LogP) is 10.2. The molecule has 0 saturated heterocycles. The quantitative estimate of drug-likeness (QED) is 0.0652. The van der Waals surface area contributed by atoms with Crippen LogP contribution in [0.15, 0.2) is 121 Å². The Morgan fingerprint density at radius 1 is 0.514 bits per heavy atom. The fourth-order valence-electron chi connectivity index (χ4n) is 7.11. The number of furan rings is 2. The van der Waals surface area contributed by atoms with Crippen LogP contribution in [0.2, 0.25) is 0 Å². The first-order valence-corrected chi connectivity index (χ1v) is 21.6. The van der Waals surface area contributed by atoms with Crippen molar-refractivity contribution in [1.29, 1.82) is 0 Å². The fraction of sp³-hybridized carbons (Fsp3) is 0.269. The number of ketones is 1. The number of methoxy groups -OCH3 is 6. The second-order valence-corrected chi connectivity index (χ2v) is 15.3. The number of amides is 1. The Balaban J connectivity index is 0.000000186. The molecular formula is C52H55N5O13. The van der Waals surface area contributed by atoms with Crippen LogP contribution in [0.25, 0.3) is 45.6 Å². The number of likely N-dealkylation sites (N-methyl/N-ethyl adjacent to an activating group) is 1. The summed E-state index contributed by atoms with van der Waals surface area (Å²) in [7, 11) is 12.4. The van der Waals surface area contributed by atoms with Gasteiger partial charge in [0.15, 0.2) is 11.9 Å².